The lowest BCUT2D eigenvalue weighted by Crippen LogP contribution is -2.42. The first-order chi connectivity index (χ1) is 9.88. The molecule has 2 aliphatic rings. The highest BCUT2D eigenvalue weighted by atomic mass is 16.5. The molecule has 3 rings (SSSR count). The Balaban J connectivity index is 1.48. The van der Waals surface area contributed by atoms with E-state index < -0.39 is 0 Å². The number of nitrogens with one attached hydrogen (secondary N) is 1. The Morgan fingerprint density at radius 3 is 3.10 bits per heavy atom. The van der Waals surface area contributed by atoms with Gasteiger partial charge in [-0.3, -0.25) is 4.90 Å². The van der Waals surface area contributed by atoms with Crippen molar-refractivity contribution in [3.63, 3.8) is 0 Å². The van der Waals surface area contributed by atoms with E-state index in [1.807, 2.05) is 0 Å². The van der Waals surface area contributed by atoms with Gasteiger partial charge in [-0.05, 0) is 36.9 Å². The van der Waals surface area contributed by atoms with Crippen molar-refractivity contribution >= 4 is 0 Å². The van der Waals surface area contributed by atoms with E-state index in [1.165, 1.54) is 32.4 Å². The molecule has 1 aliphatic carbocycles. The molecule has 1 aromatic carbocycles. The SMILES string of the molecule is COCCNCC1CCCN1CC1Cc2ccccc21. The van der Waals surface area contributed by atoms with Crippen molar-refractivity contribution in [2.75, 3.05) is 39.9 Å². The Morgan fingerprint density at radius 2 is 2.25 bits per heavy atom. The molecule has 1 N–H and O–H groups in total. The van der Waals surface area contributed by atoms with Crippen molar-refractivity contribution in [1.82, 2.24) is 10.2 Å². The fraction of sp³-hybridized carbons (Fsp3) is 0.647. The molecule has 0 saturated carbocycles. The molecule has 0 bridgehead atoms. The average Bonchev–Trinajstić information content (AvgIpc) is 2.88. The zero-order chi connectivity index (χ0) is 13.8. The summed E-state index contributed by atoms with van der Waals surface area (Å²) in [6.45, 7) is 5.40. The molecule has 0 amide bonds. The van der Waals surface area contributed by atoms with Crippen LogP contribution < -0.4 is 5.32 Å². The van der Waals surface area contributed by atoms with E-state index in [0.717, 1.165) is 31.7 Å². The van der Waals surface area contributed by atoms with Crippen LogP contribution in [0.5, 0.6) is 0 Å². The summed E-state index contributed by atoms with van der Waals surface area (Å²) < 4.78 is 5.09. The van der Waals surface area contributed by atoms with Crippen LogP contribution in [0.15, 0.2) is 24.3 Å². The number of benzene rings is 1. The fourth-order valence-corrected chi connectivity index (χ4v) is 3.62. The minimum Gasteiger partial charge on any atom is -0.383 e. The summed E-state index contributed by atoms with van der Waals surface area (Å²) in [5.74, 6) is 0.769. The van der Waals surface area contributed by atoms with Gasteiger partial charge in [0.05, 0.1) is 6.61 Å². The van der Waals surface area contributed by atoms with Gasteiger partial charge in [0, 0.05) is 38.7 Å². The Labute approximate surface area is 122 Å². The Morgan fingerprint density at radius 1 is 1.35 bits per heavy atom. The molecule has 0 radical (unpaired) electrons. The van der Waals surface area contributed by atoms with Crippen molar-refractivity contribution in [1.29, 1.82) is 0 Å². The monoisotopic (exact) mass is 274 g/mol. The van der Waals surface area contributed by atoms with Crippen LogP contribution in [0.4, 0.5) is 0 Å². The quantitative estimate of drug-likeness (QED) is 0.770. The van der Waals surface area contributed by atoms with Gasteiger partial charge in [0.15, 0.2) is 0 Å². The molecule has 1 heterocycles. The van der Waals surface area contributed by atoms with Crippen LogP contribution in [0, 0.1) is 0 Å². The average molecular weight is 274 g/mol. The van der Waals surface area contributed by atoms with Crippen LogP contribution in [-0.4, -0.2) is 50.8 Å². The molecular weight excluding hydrogens is 248 g/mol. The van der Waals surface area contributed by atoms with Crippen molar-refractivity contribution in [3.8, 4) is 0 Å². The van der Waals surface area contributed by atoms with E-state index in [2.05, 4.69) is 34.5 Å². The van der Waals surface area contributed by atoms with Gasteiger partial charge >= 0.3 is 0 Å². The molecule has 0 spiro atoms. The zero-order valence-electron chi connectivity index (χ0n) is 12.5. The number of rotatable bonds is 7. The molecule has 110 valence electrons. The fourth-order valence-electron chi connectivity index (χ4n) is 3.62. The normalized spacial score (nSPS) is 25.4. The maximum atomic E-state index is 5.09. The summed E-state index contributed by atoms with van der Waals surface area (Å²) in [7, 11) is 1.76. The number of methoxy groups -OCH3 is 1. The highest BCUT2D eigenvalue weighted by molar-refractivity contribution is 5.40. The summed E-state index contributed by atoms with van der Waals surface area (Å²) in [6, 6.07) is 9.65. The van der Waals surface area contributed by atoms with E-state index in [0.29, 0.717) is 0 Å². The van der Waals surface area contributed by atoms with Gasteiger partial charge in [0.2, 0.25) is 0 Å². The van der Waals surface area contributed by atoms with E-state index in [1.54, 1.807) is 18.2 Å². The summed E-state index contributed by atoms with van der Waals surface area (Å²) >= 11 is 0. The van der Waals surface area contributed by atoms with Crippen LogP contribution in [0.3, 0.4) is 0 Å². The molecule has 1 fully saturated rings. The molecule has 3 heteroatoms. The van der Waals surface area contributed by atoms with Gasteiger partial charge in [-0.25, -0.2) is 0 Å². The van der Waals surface area contributed by atoms with E-state index in [-0.39, 0.29) is 0 Å². The largest absolute Gasteiger partial charge is 0.383 e. The van der Waals surface area contributed by atoms with Crippen molar-refractivity contribution in [3.05, 3.63) is 35.4 Å². The molecule has 1 aromatic rings. The van der Waals surface area contributed by atoms with Gasteiger partial charge in [0.25, 0.3) is 0 Å². The van der Waals surface area contributed by atoms with E-state index in [9.17, 15) is 0 Å². The molecule has 2 unspecified atom stereocenters. The summed E-state index contributed by atoms with van der Waals surface area (Å²) in [4.78, 5) is 2.69. The predicted molar refractivity (Wildman–Crippen MR) is 82.2 cm³/mol. The Hall–Kier alpha value is -0.900. The Kier molecular flexibility index (Phi) is 4.71. The summed E-state index contributed by atoms with van der Waals surface area (Å²) in [5, 5.41) is 3.52. The highest BCUT2D eigenvalue weighted by Crippen LogP contribution is 2.36. The summed E-state index contributed by atoms with van der Waals surface area (Å²) in [5.41, 5.74) is 3.15. The van der Waals surface area contributed by atoms with Gasteiger partial charge in [-0.2, -0.15) is 0 Å². The third kappa shape index (κ3) is 3.05. The smallest absolute Gasteiger partial charge is 0.0587 e. The maximum absolute atomic E-state index is 5.09. The van der Waals surface area contributed by atoms with Crippen LogP contribution >= 0.6 is 0 Å². The molecule has 3 nitrogen and oxygen atoms in total. The standard InChI is InChI=1S/C17H26N2O/c1-20-10-8-18-12-16-6-4-9-19(16)13-15-11-14-5-2-3-7-17(14)15/h2-3,5,7,15-16,18H,4,6,8-13H2,1H3. The van der Waals surface area contributed by atoms with Gasteiger partial charge in [-0.1, -0.05) is 24.3 Å². The second-order valence-corrected chi connectivity index (χ2v) is 6.09. The number of ether oxygens (including phenoxy) is 1. The van der Waals surface area contributed by atoms with Crippen LogP contribution in [0.1, 0.15) is 29.9 Å². The topological polar surface area (TPSA) is 24.5 Å². The Bertz CT molecular complexity index is 435. The predicted octanol–water partition coefficient (Wildman–Crippen LogP) is 2.03. The van der Waals surface area contributed by atoms with Gasteiger partial charge in [0.1, 0.15) is 0 Å². The highest BCUT2D eigenvalue weighted by Gasteiger charge is 2.31. The number of fused-ring (bicyclic) bond motifs is 1. The maximum Gasteiger partial charge on any atom is 0.0587 e. The minimum atomic E-state index is 0.722. The zero-order valence-corrected chi connectivity index (χ0v) is 12.5. The van der Waals surface area contributed by atoms with Gasteiger partial charge in [-0.15, -0.1) is 0 Å². The van der Waals surface area contributed by atoms with Crippen molar-refractivity contribution in [2.45, 2.75) is 31.2 Å². The second kappa shape index (κ2) is 6.70. The molecule has 20 heavy (non-hydrogen) atoms. The molecule has 1 aliphatic heterocycles. The first-order valence-electron chi connectivity index (χ1n) is 7.90. The minimum absolute atomic E-state index is 0.722. The van der Waals surface area contributed by atoms with Crippen LogP contribution in [0.25, 0.3) is 0 Å². The summed E-state index contributed by atoms with van der Waals surface area (Å²) in [6.07, 6.45) is 3.97. The lowest BCUT2D eigenvalue weighted by Gasteiger charge is -2.35. The van der Waals surface area contributed by atoms with E-state index >= 15 is 0 Å². The number of hydrogen-bond acceptors (Lipinski definition) is 3. The van der Waals surface area contributed by atoms with Crippen molar-refractivity contribution < 1.29 is 4.74 Å². The number of hydrogen-bond donors (Lipinski definition) is 1. The number of nitrogens with zero attached hydrogens (tertiary/aromatic N) is 1. The molecule has 2 atom stereocenters. The first kappa shape index (κ1) is 14.1. The lowest BCUT2D eigenvalue weighted by molar-refractivity contribution is 0.189. The first-order valence-corrected chi connectivity index (χ1v) is 7.90. The lowest BCUT2D eigenvalue weighted by atomic mass is 9.77. The molecule has 1 saturated heterocycles. The third-order valence-corrected chi connectivity index (χ3v) is 4.78. The van der Waals surface area contributed by atoms with Crippen molar-refractivity contribution in [2.24, 2.45) is 0 Å². The van der Waals surface area contributed by atoms with Crippen LogP contribution in [-0.2, 0) is 11.2 Å². The number of likely N-dealkylation sites (tertiary alicyclic amines) is 1. The molecule has 0 aromatic heterocycles. The van der Waals surface area contributed by atoms with Crippen LogP contribution in [0.2, 0.25) is 0 Å². The molecular formula is C17H26N2O. The third-order valence-electron chi connectivity index (χ3n) is 4.78. The van der Waals surface area contributed by atoms with Gasteiger partial charge < -0.3 is 10.1 Å². The second-order valence-electron chi connectivity index (χ2n) is 6.09. The van der Waals surface area contributed by atoms with E-state index in [4.69, 9.17) is 4.74 Å².